The van der Waals surface area contributed by atoms with E-state index >= 15 is 0 Å². The topological polar surface area (TPSA) is 97.8 Å². The molecule has 1 aliphatic heterocycles. The molecule has 158 valence electrons. The summed E-state index contributed by atoms with van der Waals surface area (Å²) in [7, 11) is 1.83. The fourth-order valence-corrected chi connectivity index (χ4v) is 3.41. The van der Waals surface area contributed by atoms with Crippen LogP contribution in [0.2, 0.25) is 0 Å². The van der Waals surface area contributed by atoms with Crippen LogP contribution < -0.4 is 15.2 Å². The van der Waals surface area contributed by atoms with Crippen LogP contribution in [-0.2, 0) is 16.5 Å². The smallest absolute Gasteiger partial charge is 0.252 e. The van der Waals surface area contributed by atoms with Crippen molar-refractivity contribution in [2.75, 3.05) is 26.4 Å². The summed E-state index contributed by atoms with van der Waals surface area (Å²) in [6.07, 6.45) is 3.92. The Bertz CT molecular complexity index is 1010. The van der Waals surface area contributed by atoms with Crippen LogP contribution in [0.25, 0.3) is 10.9 Å². The van der Waals surface area contributed by atoms with Crippen molar-refractivity contribution in [3.8, 4) is 17.2 Å². The number of benzene rings is 2. The molecule has 1 fully saturated rings. The van der Waals surface area contributed by atoms with Crippen LogP contribution >= 0.6 is 0 Å². The molecule has 2 N–H and O–H groups in total. The molecule has 1 unspecified atom stereocenters. The molecule has 2 aromatic carbocycles. The van der Waals surface area contributed by atoms with Gasteiger partial charge in [-0.15, -0.1) is 0 Å². The number of carbonyl (C=O) groups excluding carboxylic acids is 1. The summed E-state index contributed by atoms with van der Waals surface area (Å²) in [6.45, 7) is 2.45. The van der Waals surface area contributed by atoms with Crippen molar-refractivity contribution >= 4 is 16.8 Å². The second kappa shape index (κ2) is 9.15. The van der Waals surface area contributed by atoms with E-state index in [1.807, 2.05) is 19.2 Å². The minimum atomic E-state index is -0.556. The van der Waals surface area contributed by atoms with Crippen LogP contribution in [-0.4, -0.2) is 48.2 Å². The summed E-state index contributed by atoms with van der Waals surface area (Å²) < 4.78 is 24.5. The Kier molecular flexibility index (Phi) is 6.15. The molecular formula is C22H25N3O5. The summed E-state index contributed by atoms with van der Waals surface area (Å²) in [5.74, 6) is 1.11. The summed E-state index contributed by atoms with van der Waals surface area (Å²) in [4.78, 5) is 11.9. The van der Waals surface area contributed by atoms with Gasteiger partial charge in [0.15, 0.2) is 0 Å². The number of carbonyl (C=O) groups is 1. The average molecular weight is 411 g/mol. The molecule has 0 spiro atoms. The first-order valence-electron chi connectivity index (χ1n) is 9.96. The minimum Gasteiger partial charge on any atom is -0.491 e. The number of aromatic nitrogens is 2. The maximum absolute atomic E-state index is 11.9. The van der Waals surface area contributed by atoms with Gasteiger partial charge in [0.2, 0.25) is 0 Å². The normalized spacial score (nSPS) is 16.5. The van der Waals surface area contributed by atoms with Crippen LogP contribution in [0.15, 0.2) is 42.6 Å². The van der Waals surface area contributed by atoms with Gasteiger partial charge in [-0.2, -0.15) is 5.10 Å². The largest absolute Gasteiger partial charge is 0.491 e. The predicted molar refractivity (Wildman–Crippen MR) is 111 cm³/mol. The highest BCUT2D eigenvalue weighted by molar-refractivity contribution is 6.00. The van der Waals surface area contributed by atoms with E-state index < -0.39 is 5.91 Å². The van der Waals surface area contributed by atoms with Crippen LogP contribution in [0.5, 0.6) is 17.2 Å². The lowest BCUT2D eigenvalue weighted by Crippen LogP contribution is -2.27. The van der Waals surface area contributed by atoms with E-state index in [-0.39, 0.29) is 6.10 Å². The van der Waals surface area contributed by atoms with Gasteiger partial charge in [0.1, 0.15) is 23.9 Å². The molecule has 4 rings (SSSR count). The van der Waals surface area contributed by atoms with Crippen LogP contribution in [0, 0.1) is 0 Å². The zero-order chi connectivity index (χ0) is 20.9. The summed E-state index contributed by atoms with van der Waals surface area (Å²) >= 11 is 0. The van der Waals surface area contributed by atoms with Crippen molar-refractivity contribution in [1.29, 1.82) is 0 Å². The molecule has 1 aromatic heterocycles. The average Bonchev–Trinajstić information content (AvgIpc) is 3.12. The maximum Gasteiger partial charge on any atom is 0.252 e. The molecular weight excluding hydrogens is 386 g/mol. The fraction of sp³-hybridized carbons (Fsp3) is 0.364. The second-order valence-electron chi connectivity index (χ2n) is 7.17. The van der Waals surface area contributed by atoms with Crippen molar-refractivity contribution in [1.82, 2.24) is 9.78 Å². The number of amides is 1. The number of rotatable bonds is 8. The molecule has 8 nitrogen and oxygen atoms in total. The highest BCUT2D eigenvalue weighted by Gasteiger charge is 2.15. The Balaban J connectivity index is 1.36. The van der Waals surface area contributed by atoms with Crippen molar-refractivity contribution in [3.05, 3.63) is 48.2 Å². The van der Waals surface area contributed by atoms with Crippen molar-refractivity contribution in [3.63, 3.8) is 0 Å². The SMILES string of the molecule is Cn1ncc2cc(C(N)=O)c(Oc3ccc(OCCOC4CCCOC4)cc3)cc21. The van der Waals surface area contributed by atoms with Gasteiger partial charge in [-0.05, 0) is 43.2 Å². The lowest BCUT2D eigenvalue weighted by Gasteiger charge is -2.22. The minimum absolute atomic E-state index is 0.161. The Hall–Kier alpha value is -3.10. The van der Waals surface area contributed by atoms with E-state index in [0.29, 0.717) is 42.6 Å². The Morgan fingerprint density at radius 3 is 2.77 bits per heavy atom. The fourth-order valence-electron chi connectivity index (χ4n) is 3.41. The maximum atomic E-state index is 11.9. The lowest BCUT2D eigenvalue weighted by atomic mass is 10.1. The van der Waals surface area contributed by atoms with Gasteiger partial charge >= 0.3 is 0 Å². The molecule has 0 aliphatic carbocycles. The van der Waals surface area contributed by atoms with Gasteiger partial charge < -0.3 is 24.7 Å². The van der Waals surface area contributed by atoms with E-state index in [0.717, 1.165) is 30.4 Å². The Morgan fingerprint density at radius 1 is 1.23 bits per heavy atom. The van der Waals surface area contributed by atoms with Crippen molar-refractivity contribution in [2.45, 2.75) is 18.9 Å². The number of hydrogen-bond donors (Lipinski definition) is 1. The van der Waals surface area contributed by atoms with Gasteiger partial charge in [0.05, 0.1) is 36.6 Å². The quantitative estimate of drug-likeness (QED) is 0.572. The Labute approximate surface area is 174 Å². The number of nitrogens with zero attached hydrogens (tertiary/aromatic N) is 2. The van der Waals surface area contributed by atoms with E-state index in [1.54, 1.807) is 35.1 Å². The molecule has 0 bridgehead atoms. The third kappa shape index (κ3) is 4.72. The standard InChI is InChI=1S/C22H25N3O5/c1-25-20-12-21(19(22(23)26)11-15(20)13-24-25)30-17-6-4-16(5-7-17)28-9-10-29-18-3-2-8-27-14-18/h4-7,11-13,18H,2-3,8-10,14H2,1H3,(H2,23,26). The molecule has 0 radical (unpaired) electrons. The van der Waals surface area contributed by atoms with E-state index in [9.17, 15) is 4.79 Å². The van der Waals surface area contributed by atoms with Gasteiger partial charge in [-0.3, -0.25) is 9.48 Å². The van der Waals surface area contributed by atoms with Gasteiger partial charge in [0, 0.05) is 25.1 Å². The number of aryl methyl sites for hydroxylation is 1. The predicted octanol–water partition coefficient (Wildman–Crippen LogP) is 3.04. The van der Waals surface area contributed by atoms with Crippen LogP contribution in [0.1, 0.15) is 23.2 Å². The van der Waals surface area contributed by atoms with E-state index in [1.165, 1.54) is 0 Å². The van der Waals surface area contributed by atoms with Crippen molar-refractivity contribution < 1.29 is 23.7 Å². The zero-order valence-corrected chi connectivity index (χ0v) is 16.9. The molecule has 3 aromatic rings. The Morgan fingerprint density at radius 2 is 2.03 bits per heavy atom. The first-order valence-corrected chi connectivity index (χ1v) is 9.96. The summed E-state index contributed by atoms with van der Waals surface area (Å²) in [6, 6.07) is 10.6. The summed E-state index contributed by atoms with van der Waals surface area (Å²) in [5, 5.41) is 5.02. The monoisotopic (exact) mass is 411 g/mol. The molecule has 2 heterocycles. The van der Waals surface area contributed by atoms with Gasteiger partial charge in [-0.1, -0.05) is 0 Å². The molecule has 8 heteroatoms. The molecule has 1 amide bonds. The summed E-state index contributed by atoms with van der Waals surface area (Å²) in [5.41, 5.74) is 6.68. The first kappa shape index (κ1) is 20.2. The van der Waals surface area contributed by atoms with Crippen molar-refractivity contribution in [2.24, 2.45) is 12.8 Å². The van der Waals surface area contributed by atoms with Crippen LogP contribution in [0.4, 0.5) is 0 Å². The van der Waals surface area contributed by atoms with Gasteiger partial charge in [-0.25, -0.2) is 0 Å². The van der Waals surface area contributed by atoms with E-state index in [2.05, 4.69) is 5.10 Å². The third-order valence-electron chi connectivity index (χ3n) is 4.99. The third-order valence-corrected chi connectivity index (χ3v) is 4.99. The molecule has 30 heavy (non-hydrogen) atoms. The number of fused-ring (bicyclic) bond motifs is 1. The molecule has 1 atom stereocenters. The highest BCUT2D eigenvalue weighted by atomic mass is 16.6. The number of hydrogen-bond acceptors (Lipinski definition) is 6. The molecule has 1 saturated heterocycles. The van der Waals surface area contributed by atoms with E-state index in [4.69, 9.17) is 24.7 Å². The first-order chi connectivity index (χ1) is 14.6. The second-order valence-corrected chi connectivity index (χ2v) is 7.17. The number of ether oxygens (including phenoxy) is 4. The molecule has 0 saturated carbocycles. The molecule has 1 aliphatic rings. The van der Waals surface area contributed by atoms with Crippen LogP contribution in [0.3, 0.4) is 0 Å². The zero-order valence-electron chi connectivity index (χ0n) is 16.9. The highest BCUT2D eigenvalue weighted by Crippen LogP contribution is 2.30. The van der Waals surface area contributed by atoms with Gasteiger partial charge in [0.25, 0.3) is 5.91 Å². The number of nitrogens with two attached hydrogens (primary N) is 1. The lowest BCUT2D eigenvalue weighted by molar-refractivity contribution is -0.0559. The number of primary amides is 1.